The summed E-state index contributed by atoms with van der Waals surface area (Å²) in [7, 11) is 1.58. The van der Waals surface area contributed by atoms with Crippen LogP contribution in [0.25, 0.3) is 11.5 Å². The fraction of sp³-hybridized carbons (Fsp3) is 0.263. The molecule has 7 heteroatoms. The molecule has 3 rings (SSSR count). The van der Waals surface area contributed by atoms with E-state index < -0.39 is 0 Å². The van der Waals surface area contributed by atoms with E-state index in [1.165, 1.54) is 0 Å². The van der Waals surface area contributed by atoms with Crippen LogP contribution in [-0.2, 0) is 6.54 Å². The zero-order valence-electron chi connectivity index (χ0n) is 14.8. The predicted molar refractivity (Wildman–Crippen MR) is 98.1 cm³/mol. The summed E-state index contributed by atoms with van der Waals surface area (Å²) < 4.78 is 10.8. The second kappa shape index (κ2) is 8.35. The largest absolute Gasteiger partial charge is 0.497 e. The van der Waals surface area contributed by atoms with E-state index in [1.54, 1.807) is 37.6 Å². The number of carbonyl (C=O) groups excluding carboxylic acids is 1. The molecule has 2 aromatic heterocycles. The number of H-pyrrole nitrogens is 1. The van der Waals surface area contributed by atoms with Gasteiger partial charge in [0.1, 0.15) is 17.2 Å². The Hall–Kier alpha value is -3.06. The van der Waals surface area contributed by atoms with Gasteiger partial charge in [0, 0.05) is 30.8 Å². The Morgan fingerprint density at radius 3 is 2.92 bits per heavy atom. The molecular formula is C19H22N4O3. The maximum absolute atomic E-state index is 12.1. The van der Waals surface area contributed by atoms with E-state index in [9.17, 15) is 4.79 Å². The van der Waals surface area contributed by atoms with Gasteiger partial charge in [0.25, 0.3) is 5.91 Å². The number of nitrogens with one attached hydrogen (secondary N) is 3. The average Bonchev–Trinajstić information content (AvgIpc) is 3.30. The molecule has 2 heterocycles. The Morgan fingerprint density at radius 1 is 1.27 bits per heavy atom. The molecule has 0 saturated carbocycles. The molecule has 0 radical (unpaired) electrons. The van der Waals surface area contributed by atoms with Crippen LogP contribution >= 0.6 is 0 Å². The highest BCUT2D eigenvalue weighted by Crippen LogP contribution is 2.23. The molecule has 0 fully saturated rings. The number of hydrogen-bond acceptors (Lipinski definition) is 5. The van der Waals surface area contributed by atoms with E-state index in [0.29, 0.717) is 30.9 Å². The molecule has 0 aliphatic carbocycles. The van der Waals surface area contributed by atoms with Crippen molar-refractivity contribution in [1.29, 1.82) is 0 Å². The number of nitrogens with zero attached hydrogens (tertiary/aromatic N) is 1. The van der Waals surface area contributed by atoms with Crippen molar-refractivity contribution in [3.05, 3.63) is 59.5 Å². The van der Waals surface area contributed by atoms with Crippen LogP contribution in [0.5, 0.6) is 5.75 Å². The molecule has 1 aromatic carbocycles. The van der Waals surface area contributed by atoms with Crippen molar-refractivity contribution in [2.75, 3.05) is 20.2 Å². The molecule has 7 nitrogen and oxygen atoms in total. The molecule has 26 heavy (non-hydrogen) atoms. The Labute approximate surface area is 151 Å². The fourth-order valence-corrected chi connectivity index (χ4v) is 2.58. The van der Waals surface area contributed by atoms with Gasteiger partial charge in [-0.1, -0.05) is 6.07 Å². The van der Waals surface area contributed by atoms with Crippen molar-refractivity contribution in [3.63, 3.8) is 0 Å². The zero-order valence-corrected chi connectivity index (χ0v) is 14.8. The first-order chi connectivity index (χ1) is 12.7. The van der Waals surface area contributed by atoms with Crippen molar-refractivity contribution < 1.29 is 13.9 Å². The van der Waals surface area contributed by atoms with Crippen LogP contribution in [0.2, 0.25) is 0 Å². The smallest absolute Gasteiger partial charge is 0.251 e. The number of ether oxygens (including phenoxy) is 1. The van der Waals surface area contributed by atoms with Crippen LogP contribution in [0.3, 0.4) is 0 Å². The Morgan fingerprint density at radius 2 is 2.15 bits per heavy atom. The standard InChI is InChI=1S/C19H22N4O3/c1-13-6-7-17(26-13)18-15(12-22-23-18)11-20-8-9-21-19(24)14-4-3-5-16(10-14)25-2/h3-7,10,12,20H,8-9,11H2,1-2H3,(H,21,24)(H,22,23). The number of carbonyl (C=O) groups is 1. The first-order valence-corrected chi connectivity index (χ1v) is 8.39. The highest BCUT2D eigenvalue weighted by molar-refractivity contribution is 5.94. The molecule has 0 aliphatic rings. The third-order valence-electron chi connectivity index (χ3n) is 3.94. The minimum Gasteiger partial charge on any atom is -0.497 e. The normalized spacial score (nSPS) is 10.7. The predicted octanol–water partition coefficient (Wildman–Crippen LogP) is 2.51. The van der Waals surface area contributed by atoms with Gasteiger partial charge in [-0.3, -0.25) is 9.89 Å². The fourth-order valence-electron chi connectivity index (χ4n) is 2.58. The van der Waals surface area contributed by atoms with Crippen molar-refractivity contribution in [1.82, 2.24) is 20.8 Å². The summed E-state index contributed by atoms with van der Waals surface area (Å²) in [6.45, 7) is 3.68. The van der Waals surface area contributed by atoms with Gasteiger partial charge in [-0.05, 0) is 37.3 Å². The zero-order chi connectivity index (χ0) is 18.4. The van der Waals surface area contributed by atoms with Crippen molar-refractivity contribution in [2.24, 2.45) is 0 Å². The van der Waals surface area contributed by atoms with E-state index in [2.05, 4.69) is 20.8 Å². The average molecular weight is 354 g/mol. The number of aromatic amines is 1. The van der Waals surface area contributed by atoms with Crippen LogP contribution in [0.4, 0.5) is 0 Å². The molecule has 1 amide bonds. The molecule has 3 aromatic rings. The molecule has 0 spiro atoms. The van der Waals surface area contributed by atoms with Gasteiger partial charge in [0.05, 0.1) is 13.3 Å². The van der Waals surface area contributed by atoms with Gasteiger partial charge in [0.2, 0.25) is 0 Å². The number of furan rings is 1. The van der Waals surface area contributed by atoms with Gasteiger partial charge < -0.3 is 19.8 Å². The Kier molecular flexibility index (Phi) is 5.70. The lowest BCUT2D eigenvalue weighted by Crippen LogP contribution is -2.31. The van der Waals surface area contributed by atoms with Crippen LogP contribution in [-0.4, -0.2) is 36.3 Å². The molecule has 3 N–H and O–H groups in total. The molecule has 136 valence electrons. The second-order valence-corrected chi connectivity index (χ2v) is 5.85. The van der Waals surface area contributed by atoms with E-state index >= 15 is 0 Å². The topological polar surface area (TPSA) is 92.2 Å². The molecule has 0 aliphatic heterocycles. The summed E-state index contributed by atoms with van der Waals surface area (Å²) in [6.07, 6.45) is 1.77. The van der Waals surface area contributed by atoms with E-state index in [-0.39, 0.29) is 5.91 Å². The molecule has 0 bridgehead atoms. The summed E-state index contributed by atoms with van der Waals surface area (Å²) >= 11 is 0. The van der Waals surface area contributed by atoms with Gasteiger partial charge >= 0.3 is 0 Å². The number of methoxy groups -OCH3 is 1. The number of hydrogen-bond donors (Lipinski definition) is 3. The number of amides is 1. The lowest BCUT2D eigenvalue weighted by Gasteiger charge is -2.08. The highest BCUT2D eigenvalue weighted by atomic mass is 16.5. The SMILES string of the molecule is COc1cccc(C(=O)NCCNCc2cn[nH]c2-c2ccc(C)o2)c1. The first kappa shape index (κ1) is 17.8. The number of benzene rings is 1. The summed E-state index contributed by atoms with van der Waals surface area (Å²) in [5.74, 6) is 2.16. The third kappa shape index (κ3) is 4.31. The van der Waals surface area contributed by atoms with Crippen LogP contribution in [0.15, 0.2) is 47.0 Å². The molecular weight excluding hydrogens is 332 g/mol. The molecule has 0 atom stereocenters. The van der Waals surface area contributed by atoms with Crippen LogP contribution in [0.1, 0.15) is 21.7 Å². The van der Waals surface area contributed by atoms with Gasteiger partial charge in [-0.2, -0.15) is 5.10 Å². The summed E-state index contributed by atoms with van der Waals surface area (Å²) in [5.41, 5.74) is 2.46. The quantitative estimate of drug-likeness (QED) is 0.541. The number of aryl methyl sites for hydroxylation is 1. The van der Waals surface area contributed by atoms with Gasteiger partial charge in [-0.25, -0.2) is 0 Å². The monoisotopic (exact) mass is 354 g/mol. The maximum atomic E-state index is 12.1. The Bertz CT molecular complexity index is 869. The van der Waals surface area contributed by atoms with E-state index in [1.807, 2.05) is 19.1 Å². The third-order valence-corrected chi connectivity index (χ3v) is 3.94. The van der Waals surface area contributed by atoms with E-state index in [0.717, 1.165) is 22.8 Å². The minimum atomic E-state index is -0.124. The van der Waals surface area contributed by atoms with Crippen LogP contribution < -0.4 is 15.4 Å². The minimum absolute atomic E-state index is 0.124. The summed E-state index contributed by atoms with van der Waals surface area (Å²) in [4.78, 5) is 12.1. The maximum Gasteiger partial charge on any atom is 0.251 e. The highest BCUT2D eigenvalue weighted by Gasteiger charge is 2.11. The Balaban J connectivity index is 1.45. The molecule has 0 saturated heterocycles. The van der Waals surface area contributed by atoms with Crippen molar-refractivity contribution in [3.8, 4) is 17.2 Å². The van der Waals surface area contributed by atoms with Crippen LogP contribution in [0, 0.1) is 6.92 Å². The number of rotatable bonds is 8. The first-order valence-electron chi connectivity index (χ1n) is 8.39. The lowest BCUT2D eigenvalue weighted by molar-refractivity contribution is 0.0953. The van der Waals surface area contributed by atoms with Crippen molar-refractivity contribution in [2.45, 2.75) is 13.5 Å². The van der Waals surface area contributed by atoms with E-state index in [4.69, 9.17) is 9.15 Å². The summed E-state index contributed by atoms with van der Waals surface area (Å²) in [6, 6.07) is 10.9. The van der Waals surface area contributed by atoms with Gasteiger partial charge in [0.15, 0.2) is 5.76 Å². The van der Waals surface area contributed by atoms with Crippen molar-refractivity contribution >= 4 is 5.91 Å². The number of aromatic nitrogens is 2. The second-order valence-electron chi connectivity index (χ2n) is 5.85. The molecule has 0 unspecified atom stereocenters. The lowest BCUT2D eigenvalue weighted by atomic mass is 10.2. The van der Waals surface area contributed by atoms with Gasteiger partial charge in [-0.15, -0.1) is 0 Å². The summed E-state index contributed by atoms with van der Waals surface area (Å²) in [5, 5.41) is 13.2.